The normalized spacial score (nSPS) is 11.6. The van der Waals surface area contributed by atoms with Crippen LogP contribution in [0.2, 0.25) is 0 Å². The van der Waals surface area contributed by atoms with Crippen molar-refractivity contribution in [3.05, 3.63) is 224 Å². The summed E-state index contributed by atoms with van der Waals surface area (Å²) in [4.78, 5) is 2.40. The van der Waals surface area contributed by atoms with Gasteiger partial charge in [-0.05, 0) is 110 Å². The maximum atomic E-state index is 6.28. The van der Waals surface area contributed by atoms with Crippen LogP contribution < -0.4 is 4.90 Å². The summed E-state index contributed by atoms with van der Waals surface area (Å²) in [5.74, 6) is 0. The summed E-state index contributed by atoms with van der Waals surface area (Å²) in [5, 5.41) is 7.39. The lowest BCUT2D eigenvalue weighted by Gasteiger charge is -2.28. The molecule has 3 heteroatoms. The van der Waals surface area contributed by atoms with Crippen LogP contribution in [0, 0.1) is 0 Å². The zero-order valence-corrected chi connectivity index (χ0v) is 33.9. The van der Waals surface area contributed by atoms with Crippen LogP contribution in [-0.2, 0) is 0 Å². The van der Waals surface area contributed by atoms with Crippen molar-refractivity contribution >= 4 is 81.3 Å². The Morgan fingerprint density at radius 2 is 0.902 bits per heavy atom. The molecule has 0 spiro atoms. The van der Waals surface area contributed by atoms with Gasteiger partial charge < -0.3 is 9.32 Å². The molecule has 2 aromatic heterocycles. The minimum atomic E-state index is 0.899. The third-order valence-corrected chi connectivity index (χ3v) is 13.3. The third-order valence-electron chi connectivity index (χ3n) is 12.1. The number of nitrogens with zero attached hydrogens (tertiary/aromatic N) is 1. The predicted octanol–water partition coefficient (Wildman–Crippen LogP) is 17.2. The lowest BCUT2D eigenvalue weighted by molar-refractivity contribution is 0.669. The summed E-state index contributed by atoms with van der Waals surface area (Å²) in [7, 11) is 0. The fraction of sp³-hybridized carbons (Fsp3) is 0. The standard InChI is InChI=1S/C58H37NOS/c1-2-16-46-39(12-1)13-10-20-47(46)42-14-9-15-43(36-42)48-17-3-6-23-54(48)59(44-31-26-38(27-32-44)41-30-35-51-50-18-4-7-24-55(50)60-56(51)37-41)45-33-28-40(29-34-45)49-21-11-22-53-52-19-5-8-25-57(52)61-58(49)53/h1-37H. The highest BCUT2D eigenvalue weighted by Gasteiger charge is 2.19. The van der Waals surface area contributed by atoms with Crippen LogP contribution in [0.4, 0.5) is 17.1 Å². The van der Waals surface area contributed by atoms with Crippen LogP contribution in [0.15, 0.2) is 229 Å². The highest BCUT2D eigenvalue weighted by Crippen LogP contribution is 2.45. The van der Waals surface area contributed by atoms with Crippen molar-refractivity contribution in [2.45, 2.75) is 0 Å². The lowest BCUT2D eigenvalue weighted by Crippen LogP contribution is -2.11. The quantitative estimate of drug-likeness (QED) is 0.160. The number of furan rings is 1. The Labute approximate surface area is 357 Å². The fourth-order valence-corrected chi connectivity index (χ4v) is 10.4. The molecule has 286 valence electrons. The predicted molar refractivity (Wildman–Crippen MR) is 261 cm³/mol. The molecule has 0 N–H and O–H groups in total. The maximum Gasteiger partial charge on any atom is 0.136 e. The van der Waals surface area contributed by atoms with Gasteiger partial charge in [0, 0.05) is 47.9 Å². The average Bonchev–Trinajstić information content (AvgIpc) is 3.90. The molecular weight excluding hydrogens is 759 g/mol. The smallest absolute Gasteiger partial charge is 0.136 e. The van der Waals surface area contributed by atoms with Gasteiger partial charge in [0.1, 0.15) is 11.2 Å². The topological polar surface area (TPSA) is 16.4 Å². The first-order chi connectivity index (χ1) is 30.2. The van der Waals surface area contributed by atoms with E-state index in [0.717, 1.165) is 61.3 Å². The average molecular weight is 796 g/mol. The Balaban J connectivity index is 0.978. The molecule has 0 saturated carbocycles. The Morgan fingerprint density at radius 1 is 0.328 bits per heavy atom. The van der Waals surface area contributed by atoms with Crippen molar-refractivity contribution in [2.75, 3.05) is 4.90 Å². The van der Waals surface area contributed by atoms with Gasteiger partial charge in [-0.1, -0.05) is 164 Å². The molecular formula is C58H37NOS. The Kier molecular flexibility index (Phi) is 8.39. The molecule has 0 bridgehead atoms. The molecule has 2 heterocycles. The van der Waals surface area contributed by atoms with Crippen LogP contribution >= 0.6 is 11.3 Å². The first kappa shape index (κ1) is 35.2. The van der Waals surface area contributed by atoms with E-state index in [1.165, 1.54) is 53.2 Å². The minimum Gasteiger partial charge on any atom is -0.456 e. The molecule has 12 aromatic rings. The summed E-state index contributed by atoms with van der Waals surface area (Å²) in [6, 6.07) is 81.2. The van der Waals surface area contributed by atoms with Gasteiger partial charge in [-0.25, -0.2) is 0 Å². The molecule has 61 heavy (non-hydrogen) atoms. The molecule has 12 rings (SSSR count). The van der Waals surface area contributed by atoms with Crippen LogP contribution in [0.1, 0.15) is 0 Å². The van der Waals surface area contributed by atoms with Crippen molar-refractivity contribution in [1.82, 2.24) is 0 Å². The van der Waals surface area contributed by atoms with E-state index in [2.05, 4.69) is 217 Å². The Morgan fingerprint density at radius 3 is 1.75 bits per heavy atom. The second kappa shape index (κ2) is 14.5. The van der Waals surface area contributed by atoms with Crippen LogP contribution in [0.25, 0.3) is 97.4 Å². The Hall–Kier alpha value is -7.72. The van der Waals surface area contributed by atoms with Crippen molar-refractivity contribution in [3.8, 4) is 44.5 Å². The number of hydrogen-bond donors (Lipinski definition) is 0. The van der Waals surface area contributed by atoms with E-state index in [4.69, 9.17) is 4.42 Å². The number of hydrogen-bond acceptors (Lipinski definition) is 3. The first-order valence-corrected chi connectivity index (χ1v) is 21.6. The largest absolute Gasteiger partial charge is 0.456 e. The second-order valence-electron chi connectivity index (χ2n) is 15.6. The van der Waals surface area contributed by atoms with E-state index in [1.807, 2.05) is 23.5 Å². The molecule has 0 unspecified atom stereocenters. The molecule has 10 aromatic carbocycles. The summed E-state index contributed by atoms with van der Waals surface area (Å²) in [6.07, 6.45) is 0. The number of thiophene rings is 1. The van der Waals surface area contributed by atoms with E-state index in [9.17, 15) is 0 Å². The molecule has 0 saturated heterocycles. The molecule has 0 aliphatic heterocycles. The number of para-hydroxylation sites is 2. The molecule has 0 fully saturated rings. The molecule has 0 radical (unpaired) electrons. The van der Waals surface area contributed by atoms with E-state index < -0.39 is 0 Å². The van der Waals surface area contributed by atoms with Gasteiger partial charge in [0.15, 0.2) is 0 Å². The van der Waals surface area contributed by atoms with Crippen molar-refractivity contribution in [1.29, 1.82) is 0 Å². The van der Waals surface area contributed by atoms with Gasteiger partial charge in [0.05, 0.1) is 5.69 Å². The van der Waals surface area contributed by atoms with E-state index in [1.54, 1.807) is 0 Å². The van der Waals surface area contributed by atoms with Crippen LogP contribution in [0.3, 0.4) is 0 Å². The SMILES string of the molecule is c1cc(-c2ccccc2N(c2ccc(-c3ccc4c(c3)oc3ccccc34)cc2)c2ccc(-c3cccc4c3sc3ccccc34)cc2)cc(-c2cccc3ccccc23)c1. The van der Waals surface area contributed by atoms with Gasteiger partial charge in [-0.15, -0.1) is 11.3 Å². The van der Waals surface area contributed by atoms with E-state index in [0.29, 0.717) is 0 Å². The van der Waals surface area contributed by atoms with Crippen LogP contribution in [-0.4, -0.2) is 0 Å². The van der Waals surface area contributed by atoms with Crippen molar-refractivity contribution in [2.24, 2.45) is 0 Å². The number of rotatable bonds is 7. The zero-order chi connectivity index (χ0) is 40.3. The molecule has 0 aliphatic carbocycles. The van der Waals surface area contributed by atoms with Gasteiger partial charge in [-0.2, -0.15) is 0 Å². The van der Waals surface area contributed by atoms with E-state index in [-0.39, 0.29) is 0 Å². The second-order valence-corrected chi connectivity index (χ2v) is 16.7. The molecule has 0 amide bonds. The minimum absolute atomic E-state index is 0.899. The highest BCUT2D eigenvalue weighted by atomic mass is 32.1. The number of anilines is 3. The van der Waals surface area contributed by atoms with Crippen molar-refractivity contribution < 1.29 is 4.42 Å². The maximum absolute atomic E-state index is 6.28. The summed E-state index contributed by atoms with van der Waals surface area (Å²) >= 11 is 1.87. The lowest BCUT2D eigenvalue weighted by atomic mass is 9.94. The number of fused-ring (bicyclic) bond motifs is 7. The molecule has 0 atom stereocenters. The van der Waals surface area contributed by atoms with Crippen molar-refractivity contribution in [3.63, 3.8) is 0 Å². The first-order valence-electron chi connectivity index (χ1n) is 20.7. The molecule has 2 nitrogen and oxygen atoms in total. The van der Waals surface area contributed by atoms with Gasteiger partial charge in [0.25, 0.3) is 0 Å². The van der Waals surface area contributed by atoms with Gasteiger partial charge >= 0.3 is 0 Å². The fourth-order valence-electron chi connectivity index (χ4n) is 9.14. The van der Waals surface area contributed by atoms with Gasteiger partial charge in [0.2, 0.25) is 0 Å². The summed E-state index contributed by atoms with van der Waals surface area (Å²) < 4.78 is 8.91. The van der Waals surface area contributed by atoms with E-state index >= 15 is 0 Å². The third kappa shape index (κ3) is 6.09. The van der Waals surface area contributed by atoms with Gasteiger partial charge in [-0.3, -0.25) is 0 Å². The van der Waals surface area contributed by atoms with Crippen LogP contribution in [0.5, 0.6) is 0 Å². The monoisotopic (exact) mass is 795 g/mol. The summed E-state index contributed by atoms with van der Waals surface area (Å²) in [5.41, 5.74) is 14.5. The number of benzene rings is 10. The Bertz CT molecular complexity index is 3590. The highest BCUT2D eigenvalue weighted by molar-refractivity contribution is 7.26. The zero-order valence-electron chi connectivity index (χ0n) is 33.1. The molecule has 0 aliphatic rings. The summed E-state index contributed by atoms with van der Waals surface area (Å²) in [6.45, 7) is 0.